The molecule has 11 nitrogen and oxygen atoms in total. The van der Waals surface area contributed by atoms with Gasteiger partial charge in [0.1, 0.15) is 6.07 Å². The number of nitriles is 1. The maximum Gasteiger partial charge on any atom is 0.269 e. The first-order valence-electron chi connectivity index (χ1n) is 9.40. The zero-order valence-corrected chi connectivity index (χ0v) is 18.5. The van der Waals surface area contributed by atoms with Gasteiger partial charge >= 0.3 is 0 Å². The van der Waals surface area contributed by atoms with E-state index in [1.807, 2.05) is 6.07 Å². The van der Waals surface area contributed by atoms with Crippen molar-refractivity contribution < 1.29 is 27.6 Å². The molecule has 0 aromatic heterocycles. The third-order valence-corrected chi connectivity index (χ3v) is 6.40. The molecule has 0 unspecified atom stereocenters. The van der Waals surface area contributed by atoms with Crippen LogP contribution in [0, 0.1) is 21.4 Å². The number of nitrogens with one attached hydrogen (secondary N) is 2. The molecular formula is C21H13ClN4O7S. The number of carbonyl (C=O) groups is 1. The van der Waals surface area contributed by atoms with Crippen LogP contribution in [0.1, 0.15) is 15.9 Å². The van der Waals surface area contributed by atoms with Crippen molar-refractivity contribution in [2.45, 2.75) is 4.90 Å². The van der Waals surface area contributed by atoms with Crippen LogP contribution in [0.5, 0.6) is 11.5 Å². The molecule has 0 atom stereocenters. The van der Waals surface area contributed by atoms with Crippen molar-refractivity contribution >= 4 is 44.6 Å². The van der Waals surface area contributed by atoms with Crippen molar-refractivity contribution in [3.8, 4) is 17.6 Å². The summed E-state index contributed by atoms with van der Waals surface area (Å²) in [6.45, 7) is -0.0547. The SMILES string of the molecule is N#Cc1cc2c(cc1NS(=O)(=O)c1ccc(Cl)c(C(=O)Nc3ccc([N+](=O)[O-])cc3)c1)OCO2. The Morgan fingerprint density at radius 2 is 1.76 bits per heavy atom. The van der Waals surface area contributed by atoms with Gasteiger partial charge in [0.05, 0.1) is 31.7 Å². The van der Waals surface area contributed by atoms with Crippen molar-refractivity contribution in [2.75, 3.05) is 16.8 Å². The number of fused-ring (bicyclic) bond motifs is 1. The second-order valence-electron chi connectivity index (χ2n) is 6.87. The molecule has 1 aliphatic rings. The lowest BCUT2D eigenvalue weighted by Crippen LogP contribution is -2.17. The van der Waals surface area contributed by atoms with Crippen LogP contribution in [0.25, 0.3) is 0 Å². The lowest BCUT2D eigenvalue weighted by Gasteiger charge is -2.12. The standard InChI is InChI=1S/C21H13ClN4O7S/c22-17-6-5-15(8-16(17)21(27)24-13-1-3-14(4-2-13)26(28)29)34(30,31)25-18-9-20-19(32-11-33-20)7-12(18)10-23/h1-9,25H,11H2,(H,24,27). The Balaban J connectivity index is 1.60. The number of non-ortho nitro benzene ring substituents is 1. The molecule has 4 rings (SSSR count). The average molecular weight is 501 g/mol. The fraction of sp³-hybridized carbons (Fsp3) is 0.0476. The molecule has 34 heavy (non-hydrogen) atoms. The number of hydrogen-bond acceptors (Lipinski definition) is 8. The van der Waals surface area contributed by atoms with Gasteiger partial charge in [-0.2, -0.15) is 5.26 Å². The van der Waals surface area contributed by atoms with E-state index >= 15 is 0 Å². The molecule has 1 amide bonds. The van der Waals surface area contributed by atoms with Gasteiger partial charge in [0, 0.05) is 30.0 Å². The molecule has 0 aliphatic carbocycles. The molecular weight excluding hydrogens is 488 g/mol. The fourth-order valence-electron chi connectivity index (χ4n) is 3.03. The van der Waals surface area contributed by atoms with Gasteiger partial charge in [0.25, 0.3) is 21.6 Å². The number of halogens is 1. The maximum absolute atomic E-state index is 13.0. The zero-order chi connectivity index (χ0) is 24.5. The van der Waals surface area contributed by atoms with Crippen LogP contribution in [0.15, 0.2) is 59.5 Å². The molecule has 0 radical (unpaired) electrons. The summed E-state index contributed by atoms with van der Waals surface area (Å²) in [6.07, 6.45) is 0. The number of sulfonamides is 1. The Hall–Kier alpha value is -4.34. The molecule has 0 spiro atoms. The van der Waals surface area contributed by atoms with Gasteiger partial charge in [0.15, 0.2) is 11.5 Å². The van der Waals surface area contributed by atoms with E-state index in [1.54, 1.807) is 0 Å². The first-order chi connectivity index (χ1) is 16.2. The molecule has 3 aromatic carbocycles. The highest BCUT2D eigenvalue weighted by molar-refractivity contribution is 7.92. The summed E-state index contributed by atoms with van der Waals surface area (Å²) < 4.78 is 38.7. The third kappa shape index (κ3) is 4.56. The van der Waals surface area contributed by atoms with E-state index in [9.17, 15) is 28.6 Å². The number of hydrogen-bond donors (Lipinski definition) is 2. The number of benzene rings is 3. The number of carbonyl (C=O) groups excluding carboxylic acids is 1. The van der Waals surface area contributed by atoms with Crippen LogP contribution in [-0.2, 0) is 10.0 Å². The van der Waals surface area contributed by atoms with Gasteiger partial charge in [-0.3, -0.25) is 19.6 Å². The molecule has 1 heterocycles. The predicted octanol–water partition coefficient (Wildman–Crippen LogP) is 3.90. The molecule has 3 aromatic rings. The number of amides is 1. The highest BCUT2D eigenvalue weighted by Gasteiger charge is 2.23. The summed E-state index contributed by atoms with van der Waals surface area (Å²) >= 11 is 6.11. The Morgan fingerprint density at radius 1 is 1.09 bits per heavy atom. The maximum atomic E-state index is 13.0. The van der Waals surface area contributed by atoms with E-state index in [1.165, 1.54) is 48.5 Å². The van der Waals surface area contributed by atoms with Gasteiger partial charge in [-0.25, -0.2) is 8.42 Å². The van der Waals surface area contributed by atoms with Crippen LogP contribution >= 0.6 is 11.6 Å². The van der Waals surface area contributed by atoms with E-state index in [0.29, 0.717) is 5.75 Å². The second kappa shape index (κ2) is 8.89. The molecule has 0 saturated heterocycles. The van der Waals surface area contributed by atoms with Gasteiger partial charge in [-0.15, -0.1) is 0 Å². The predicted molar refractivity (Wildman–Crippen MR) is 121 cm³/mol. The summed E-state index contributed by atoms with van der Waals surface area (Å²) in [6, 6.07) is 13.2. The van der Waals surface area contributed by atoms with E-state index in [4.69, 9.17) is 21.1 Å². The second-order valence-corrected chi connectivity index (χ2v) is 8.96. The van der Waals surface area contributed by atoms with Gasteiger partial charge in [-0.05, 0) is 30.3 Å². The Kier molecular flexibility index (Phi) is 5.97. The average Bonchev–Trinajstić information content (AvgIpc) is 3.26. The van der Waals surface area contributed by atoms with Crippen LogP contribution in [0.3, 0.4) is 0 Å². The highest BCUT2D eigenvalue weighted by atomic mass is 35.5. The van der Waals surface area contributed by atoms with Crippen LogP contribution in [0.4, 0.5) is 17.1 Å². The molecule has 13 heteroatoms. The lowest BCUT2D eigenvalue weighted by molar-refractivity contribution is -0.384. The Labute approximate surface area is 197 Å². The zero-order valence-electron chi connectivity index (χ0n) is 16.9. The minimum absolute atomic E-state index is 0.0120. The first kappa shape index (κ1) is 22.8. The molecule has 0 saturated carbocycles. The number of nitro benzene ring substituents is 1. The number of ether oxygens (including phenoxy) is 2. The van der Waals surface area contributed by atoms with Gasteiger partial charge < -0.3 is 14.8 Å². The Bertz CT molecular complexity index is 1470. The Morgan fingerprint density at radius 3 is 2.41 bits per heavy atom. The summed E-state index contributed by atoms with van der Waals surface area (Å²) in [5.41, 5.74) is -0.0712. The van der Waals surface area contributed by atoms with Crippen LogP contribution in [-0.4, -0.2) is 26.0 Å². The molecule has 0 bridgehead atoms. The van der Waals surface area contributed by atoms with Crippen molar-refractivity contribution in [3.63, 3.8) is 0 Å². The van der Waals surface area contributed by atoms with Crippen LogP contribution in [0.2, 0.25) is 5.02 Å². The van der Waals surface area contributed by atoms with E-state index in [2.05, 4.69) is 10.0 Å². The van der Waals surface area contributed by atoms with Crippen LogP contribution < -0.4 is 19.5 Å². The normalized spacial score (nSPS) is 12.0. The molecule has 1 aliphatic heterocycles. The summed E-state index contributed by atoms with van der Waals surface area (Å²) in [5, 5.41) is 22.6. The molecule has 2 N–H and O–H groups in total. The quantitative estimate of drug-likeness (QED) is 0.380. The van der Waals surface area contributed by atoms with Crippen molar-refractivity contribution in [1.29, 1.82) is 5.26 Å². The fourth-order valence-corrected chi connectivity index (χ4v) is 4.33. The van der Waals surface area contributed by atoms with E-state index < -0.39 is 20.9 Å². The summed E-state index contributed by atoms with van der Waals surface area (Å²) in [7, 11) is -4.24. The number of nitro groups is 1. The topological polar surface area (TPSA) is 161 Å². The number of nitrogens with zero attached hydrogens (tertiary/aromatic N) is 2. The monoisotopic (exact) mass is 500 g/mol. The van der Waals surface area contributed by atoms with Crippen molar-refractivity contribution in [3.05, 3.63) is 80.9 Å². The molecule has 172 valence electrons. The smallest absolute Gasteiger partial charge is 0.269 e. The minimum atomic E-state index is -4.24. The first-order valence-corrected chi connectivity index (χ1v) is 11.3. The minimum Gasteiger partial charge on any atom is -0.454 e. The summed E-state index contributed by atoms with van der Waals surface area (Å²) in [5.74, 6) is -0.135. The lowest BCUT2D eigenvalue weighted by atomic mass is 10.2. The van der Waals surface area contributed by atoms with E-state index in [-0.39, 0.29) is 50.6 Å². The van der Waals surface area contributed by atoms with E-state index in [0.717, 1.165) is 6.07 Å². The van der Waals surface area contributed by atoms with Gasteiger partial charge in [0.2, 0.25) is 6.79 Å². The summed E-state index contributed by atoms with van der Waals surface area (Å²) in [4.78, 5) is 22.6. The largest absolute Gasteiger partial charge is 0.454 e. The number of rotatable bonds is 6. The van der Waals surface area contributed by atoms with Crippen molar-refractivity contribution in [2.24, 2.45) is 0 Å². The highest BCUT2D eigenvalue weighted by Crippen LogP contribution is 2.37. The number of anilines is 2. The third-order valence-electron chi connectivity index (χ3n) is 4.71. The van der Waals surface area contributed by atoms with Crippen molar-refractivity contribution in [1.82, 2.24) is 0 Å². The molecule has 0 fully saturated rings. The van der Waals surface area contributed by atoms with Gasteiger partial charge in [-0.1, -0.05) is 11.6 Å².